The zero-order chi connectivity index (χ0) is 26.0. The zero-order valence-corrected chi connectivity index (χ0v) is 24.1. The van der Waals surface area contributed by atoms with E-state index in [1.165, 1.54) is 44.1 Å². The van der Waals surface area contributed by atoms with Crippen molar-refractivity contribution in [1.82, 2.24) is 0 Å². The zero-order valence-electron chi connectivity index (χ0n) is 24.1. The van der Waals surface area contributed by atoms with Gasteiger partial charge in [0.15, 0.2) is 0 Å². The second-order valence-corrected chi connectivity index (χ2v) is 14.6. The molecule has 4 unspecified atom stereocenters. The molecule has 3 heteroatoms. The summed E-state index contributed by atoms with van der Waals surface area (Å²) in [5, 5.41) is 10.9. The highest BCUT2D eigenvalue weighted by Gasteiger charge is 2.68. The Labute approximate surface area is 215 Å². The van der Waals surface area contributed by atoms with Crippen LogP contribution in [-0.2, 0) is 9.53 Å². The molecule has 4 aliphatic rings. The number of carbonyl (C=O) groups excluding carboxylic acids is 1. The van der Waals surface area contributed by atoms with Crippen LogP contribution in [0.5, 0.6) is 0 Å². The van der Waals surface area contributed by atoms with Gasteiger partial charge in [-0.15, -0.1) is 0 Å². The highest BCUT2D eigenvalue weighted by atomic mass is 16.5. The summed E-state index contributed by atoms with van der Waals surface area (Å²) in [7, 11) is 0. The van der Waals surface area contributed by atoms with Gasteiger partial charge in [-0.2, -0.15) is 0 Å². The topological polar surface area (TPSA) is 46.5 Å². The molecule has 0 aromatic rings. The van der Waals surface area contributed by atoms with Gasteiger partial charge >= 0.3 is 5.97 Å². The molecule has 0 aromatic carbocycles. The van der Waals surface area contributed by atoms with Gasteiger partial charge in [0.25, 0.3) is 0 Å². The lowest BCUT2D eigenvalue weighted by Crippen LogP contribution is -2.66. The van der Waals surface area contributed by atoms with E-state index in [-0.39, 0.29) is 17.5 Å². The lowest BCUT2D eigenvalue weighted by molar-refractivity contribution is -0.244. The van der Waals surface area contributed by atoms with Gasteiger partial charge in [0.05, 0.1) is 12.7 Å². The number of esters is 1. The van der Waals surface area contributed by atoms with Gasteiger partial charge in [-0.25, -0.2) is 0 Å². The predicted octanol–water partition coefficient (Wildman–Crippen LogP) is 7.81. The van der Waals surface area contributed by atoms with Crippen molar-refractivity contribution in [2.45, 2.75) is 119 Å². The Balaban J connectivity index is 1.72. The third kappa shape index (κ3) is 3.96. The largest absolute Gasteiger partial charge is 0.466 e. The smallest absolute Gasteiger partial charge is 0.302 e. The van der Waals surface area contributed by atoms with Gasteiger partial charge in [0.1, 0.15) is 0 Å². The number of hydrogen-bond acceptors (Lipinski definition) is 3. The van der Waals surface area contributed by atoms with Gasteiger partial charge in [0, 0.05) is 6.92 Å². The van der Waals surface area contributed by atoms with Crippen molar-refractivity contribution in [1.29, 1.82) is 0 Å². The minimum absolute atomic E-state index is 0.00354. The Bertz CT molecular complexity index is 831. The highest BCUT2D eigenvalue weighted by molar-refractivity contribution is 5.65. The third-order valence-electron chi connectivity index (χ3n) is 13.0. The average Bonchev–Trinajstić information content (AvgIpc) is 2.76. The van der Waals surface area contributed by atoms with Crippen molar-refractivity contribution in [3.8, 4) is 0 Å². The molecule has 0 bridgehead atoms. The molecule has 4 fully saturated rings. The fraction of sp³-hybridized carbons (Fsp3) is 0.906. The molecule has 3 nitrogen and oxygen atoms in total. The molecule has 0 aliphatic heterocycles. The Morgan fingerprint density at radius 1 is 0.943 bits per heavy atom. The molecule has 0 aromatic heterocycles. The van der Waals surface area contributed by atoms with E-state index in [0.717, 1.165) is 25.2 Å². The van der Waals surface area contributed by atoms with Crippen molar-refractivity contribution in [3.05, 3.63) is 12.2 Å². The van der Waals surface area contributed by atoms with E-state index in [1.54, 1.807) is 6.92 Å². The molecule has 4 saturated carbocycles. The van der Waals surface area contributed by atoms with Crippen molar-refractivity contribution >= 4 is 5.97 Å². The molecule has 4 rings (SSSR count). The number of ether oxygens (including phenoxy) is 1. The number of aliphatic hydroxyl groups is 1. The van der Waals surface area contributed by atoms with E-state index in [9.17, 15) is 9.90 Å². The molecule has 10 atom stereocenters. The van der Waals surface area contributed by atoms with Gasteiger partial charge in [-0.1, -0.05) is 53.7 Å². The van der Waals surface area contributed by atoms with Gasteiger partial charge in [-0.05, 0) is 122 Å². The SMILES string of the molecule is C=C(C)C(CC)C1C(COC(C)=O)CC[C@]2(C)[C@@H]1CC[C@@H]1[C@@]3(C)CCC(O)C(C)(C)[C@@H]3CC[C@]12C. The fourth-order valence-corrected chi connectivity index (χ4v) is 11.0. The predicted molar refractivity (Wildman–Crippen MR) is 144 cm³/mol. The first-order chi connectivity index (χ1) is 16.2. The molecule has 0 radical (unpaired) electrons. The first-order valence-corrected chi connectivity index (χ1v) is 14.7. The fourth-order valence-electron chi connectivity index (χ4n) is 11.0. The molecular formula is C32H54O3. The van der Waals surface area contributed by atoms with Gasteiger partial charge < -0.3 is 9.84 Å². The summed E-state index contributed by atoms with van der Waals surface area (Å²) in [6, 6.07) is 0. The van der Waals surface area contributed by atoms with E-state index in [1.807, 2.05) is 0 Å². The second-order valence-electron chi connectivity index (χ2n) is 14.6. The lowest BCUT2D eigenvalue weighted by Gasteiger charge is -2.72. The molecule has 35 heavy (non-hydrogen) atoms. The summed E-state index contributed by atoms with van der Waals surface area (Å²) < 4.78 is 5.66. The Hall–Kier alpha value is -0.830. The first-order valence-electron chi connectivity index (χ1n) is 14.7. The van der Waals surface area contributed by atoms with E-state index in [2.05, 4.69) is 55.0 Å². The summed E-state index contributed by atoms with van der Waals surface area (Å²) >= 11 is 0. The van der Waals surface area contributed by atoms with Crippen LogP contribution >= 0.6 is 0 Å². The van der Waals surface area contributed by atoms with Gasteiger partial charge in [0.2, 0.25) is 0 Å². The van der Waals surface area contributed by atoms with Crippen molar-refractivity contribution in [2.24, 2.45) is 57.2 Å². The average molecular weight is 487 g/mol. The minimum Gasteiger partial charge on any atom is -0.466 e. The number of fused-ring (bicyclic) bond motifs is 5. The highest BCUT2D eigenvalue weighted by Crippen LogP contribution is 2.75. The molecule has 0 saturated heterocycles. The summed E-state index contributed by atoms with van der Waals surface area (Å²) in [6.07, 6.45) is 10.6. The Morgan fingerprint density at radius 2 is 1.60 bits per heavy atom. The Kier molecular flexibility index (Phi) is 7.13. The van der Waals surface area contributed by atoms with E-state index in [4.69, 9.17) is 4.74 Å². The summed E-state index contributed by atoms with van der Waals surface area (Å²) in [5.74, 6) is 3.31. The van der Waals surface area contributed by atoms with Crippen molar-refractivity contribution in [2.75, 3.05) is 6.61 Å². The van der Waals surface area contributed by atoms with Crippen LogP contribution in [0.25, 0.3) is 0 Å². The van der Waals surface area contributed by atoms with Crippen LogP contribution in [0.4, 0.5) is 0 Å². The van der Waals surface area contributed by atoms with E-state index >= 15 is 0 Å². The molecule has 200 valence electrons. The van der Waals surface area contributed by atoms with Crippen molar-refractivity contribution in [3.63, 3.8) is 0 Å². The molecule has 4 aliphatic carbocycles. The number of allylic oxidation sites excluding steroid dienone is 1. The number of carbonyl (C=O) groups is 1. The summed E-state index contributed by atoms with van der Waals surface area (Å²) in [4.78, 5) is 11.7. The molecule has 1 N–H and O–H groups in total. The summed E-state index contributed by atoms with van der Waals surface area (Å²) in [6.45, 7) is 23.7. The van der Waals surface area contributed by atoms with Gasteiger partial charge in [-0.3, -0.25) is 4.79 Å². The minimum atomic E-state index is -0.168. The van der Waals surface area contributed by atoms with Crippen LogP contribution < -0.4 is 0 Å². The molecule has 0 spiro atoms. The van der Waals surface area contributed by atoms with E-state index < -0.39 is 0 Å². The number of aliphatic hydroxyl groups excluding tert-OH is 1. The van der Waals surface area contributed by atoms with Crippen molar-refractivity contribution < 1.29 is 14.6 Å². The van der Waals surface area contributed by atoms with Crippen LogP contribution in [0.2, 0.25) is 0 Å². The number of hydrogen-bond donors (Lipinski definition) is 1. The lowest BCUT2D eigenvalue weighted by atomic mass is 9.32. The molecule has 0 amide bonds. The standard InChI is InChI=1S/C32H54O3/c1-10-23(20(2)3)28-22(19-35-21(4)33)13-17-31(8)24(28)11-12-26-30(7)16-15-27(34)29(5,6)25(30)14-18-32(26,31)9/h22-28,34H,2,10-19H2,1,3-9H3/t22?,23?,24-,25+,26-,27?,28?,30+,31-,32-/m1/s1. The summed E-state index contributed by atoms with van der Waals surface area (Å²) in [5.41, 5.74) is 2.23. The Morgan fingerprint density at radius 3 is 2.20 bits per heavy atom. The second kappa shape index (κ2) is 9.17. The maximum Gasteiger partial charge on any atom is 0.302 e. The monoisotopic (exact) mass is 486 g/mol. The van der Waals surface area contributed by atoms with Crippen LogP contribution in [0.15, 0.2) is 12.2 Å². The first kappa shape index (κ1) is 27.2. The number of rotatable bonds is 5. The third-order valence-corrected chi connectivity index (χ3v) is 13.0. The van der Waals surface area contributed by atoms with Crippen LogP contribution in [0.3, 0.4) is 0 Å². The van der Waals surface area contributed by atoms with Crippen LogP contribution in [-0.4, -0.2) is 23.8 Å². The molecular weight excluding hydrogens is 432 g/mol. The quantitative estimate of drug-likeness (QED) is 0.318. The van der Waals surface area contributed by atoms with Crippen LogP contribution in [0, 0.1) is 57.2 Å². The van der Waals surface area contributed by atoms with E-state index in [0.29, 0.717) is 52.4 Å². The maximum absolute atomic E-state index is 11.7. The molecule has 0 heterocycles. The van der Waals surface area contributed by atoms with Crippen LogP contribution in [0.1, 0.15) is 113 Å². The maximum atomic E-state index is 11.7. The normalized spacial score (nSPS) is 47.6.